The summed E-state index contributed by atoms with van der Waals surface area (Å²) in [6.07, 6.45) is 1.91. The molecule has 29 heavy (non-hydrogen) atoms. The van der Waals surface area contributed by atoms with Crippen LogP contribution in [-0.4, -0.2) is 28.0 Å². The molecule has 4 rings (SSSR count). The van der Waals surface area contributed by atoms with Crippen LogP contribution in [0.1, 0.15) is 28.0 Å². The van der Waals surface area contributed by atoms with Crippen molar-refractivity contribution in [3.63, 3.8) is 0 Å². The standard InChI is InChI=1S/C19H16ClF3N4OS/c1-8-2-9(20)6-25-16(8)17(28)26-10-3-12(15(23)13(22)4-10)19(7-21)11-5-14(11)29-18(24)27-19/h2-4,6,11,14H,5,7H2,1H3,(H2,24,27)(H,26,28)/t11-,14+,19+/m1/s1. The highest BCUT2D eigenvalue weighted by atomic mass is 35.5. The van der Waals surface area contributed by atoms with Crippen molar-refractivity contribution < 1.29 is 18.0 Å². The summed E-state index contributed by atoms with van der Waals surface area (Å²) in [4.78, 5) is 20.7. The molecule has 1 aliphatic carbocycles. The minimum atomic E-state index is -1.60. The van der Waals surface area contributed by atoms with Crippen LogP contribution in [0.15, 0.2) is 29.4 Å². The molecule has 3 atom stereocenters. The third-order valence-electron chi connectivity index (χ3n) is 5.14. The maximum atomic E-state index is 14.7. The molecule has 10 heteroatoms. The van der Waals surface area contributed by atoms with Crippen molar-refractivity contribution in [3.8, 4) is 0 Å². The lowest BCUT2D eigenvalue weighted by Gasteiger charge is -2.31. The quantitative estimate of drug-likeness (QED) is 0.747. The van der Waals surface area contributed by atoms with E-state index in [4.69, 9.17) is 17.3 Å². The van der Waals surface area contributed by atoms with Crippen LogP contribution < -0.4 is 11.1 Å². The second kappa shape index (κ2) is 7.21. The number of fused-ring (bicyclic) bond motifs is 1. The molecule has 2 aliphatic rings. The summed E-state index contributed by atoms with van der Waals surface area (Å²) in [5.74, 6) is -3.33. The Morgan fingerprint density at radius 1 is 1.41 bits per heavy atom. The van der Waals surface area contributed by atoms with Gasteiger partial charge in [-0.25, -0.2) is 23.1 Å². The fourth-order valence-corrected chi connectivity index (χ4v) is 5.10. The number of aliphatic imine (C=N–C) groups is 1. The molecule has 2 aromatic rings. The number of benzene rings is 1. The summed E-state index contributed by atoms with van der Waals surface area (Å²) in [5.41, 5.74) is 4.51. The number of aryl methyl sites for hydroxylation is 1. The number of rotatable bonds is 4. The lowest BCUT2D eigenvalue weighted by Crippen LogP contribution is -2.37. The topological polar surface area (TPSA) is 80.4 Å². The van der Waals surface area contributed by atoms with Crippen LogP contribution in [0.4, 0.5) is 18.9 Å². The molecular weight excluding hydrogens is 425 g/mol. The Morgan fingerprint density at radius 2 is 2.17 bits per heavy atom. The van der Waals surface area contributed by atoms with Gasteiger partial charge in [-0.05, 0) is 31.0 Å². The van der Waals surface area contributed by atoms with E-state index in [2.05, 4.69) is 15.3 Å². The molecule has 5 nitrogen and oxygen atoms in total. The van der Waals surface area contributed by atoms with E-state index in [1.165, 1.54) is 24.0 Å². The Labute approximate surface area is 173 Å². The number of anilines is 1. The van der Waals surface area contributed by atoms with E-state index in [0.29, 0.717) is 17.0 Å². The van der Waals surface area contributed by atoms with E-state index in [-0.39, 0.29) is 33.3 Å². The zero-order valence-corrected chi connectivity index (χ0v) is 16.8. The first-order valence-corrected chi connectivity index (χ1v) is 10.0. The Morgan fingerprint density at radius 3 is 2.86 bits per heavy atom. The third kappa shape index (κ3) is 3.46. The molecule has 1 aromatic heterocycles. The second-order valence-electron chi connectivity index (χ2n) is 7.10. The number of hydrogen-bond acceptors (Lipinski definition) is 5. The minimum absolute atomic E-state index is 0.0184. The summed E-state index contributed by atoms with van der Waals surface area (Å²) in [5, 5.41) is 3.01. The lowest BCUT2D eigenvalue weighted by atomic mass is 9.85. The van der Waals surface area contributed by atoms with E-state index in [1.807, 2.05) is 0 Å². The number of nitrogens with zero attached hydrogens (tertiary/aromatic N) is 2. The van der Waals surface area contributed by atoms with Gasteiger partial charge < -0.3 is 11.1 Å². The average molecular weight is 441 g/mol. The SMILES string of the molecule is Cc1cc(Cl)cnc1C(=O)Nc1cc(F)c(F)c([C@@]2(CF)N=C(N)S[C@H]3C[C@H]32)c1. The highest BCUT2D eigenvalue weighted by molar-refractivity contribution is 8.14. The smallest absolute Gasteiger partial charge is 0.274 e. The Kier molecular flexibility index (Phi) is 4.98. The lowest BCUT2D eigenvalue weighted by molar-refractivity contribution is 0.102. The number of hydrogen-bond donors (Lipinski definition) is 2. The summed E-state index contributed by atoms with van der Waals surface area (Å²) in [6.45, 7) is 0.619. The molecule has 2 heterocycles. The number of nitrogens with two attached hydrogens (primary N) is 1. The molecule has 0 radical (unpaired) electrons. The second-order valence-corrected chi connectivity index (χ2v) is 8.80. The van der Waals surface area contributed by atoms with Crippen LogP contribution in [0.5, 0.6) is 0 Å². The van der Waals surface area contributed by atoms with E-state index >= 15 is 0 Å². The number of halogens is 4. The van der Waals surface area contributed by atoms with Gasteiger partial charge in [0.1, 0.15) is 17.9 Å². The molecule has 0 spiro atoms. The molecule has 1 aromatic carbocycles. The molecule has 0 unspecified atom stereocenters. The van der Waals surface area contributed by atoms with Gasteiger partial charge in [0.25, 0.3) is 5.91 Å². The molecule has 1 amide bonds. The summed E-state index contributed by atoms with van der Waals surface area (Å²) < 4.78 is 43.2. The molecule has 1 aliphatic heterocycles. The normalized spacial score (nSPS) is 25.2. The van der Waals surface area contributed by atoms with Gasteiger partial charge in [0, 0.05) is 34.7 Å². The number of amidine groups is 1. The van der Waals surface area contributed by atoms with E-state index in [0.717, 1.165) is 6.07 Å². The highest BCUT2D eigenvalue weighted by Gasteiger charge is 2.58. The first-order valence-electron chi connectivity index (χ1n) is 8.76. The number of thioether (sulfide) groups is 1. The van der Waals surface area contributed by atoms with Gasteiger partial charge in [0.15, 0.2) is 16.8 Å². The number of amides is 1. The molecule has 0 saturated heterocycles. The van der Waals surface area contributed by atoms with Gasteiger partial charge in [-0.1, -0.05) is 23.4 Å². The predicted molar refractivity (Wildman–Crippen MR) is 107 cm³/mol. The van der Waals surface area contributed by atoms with Crippen molar-refractivity contribution in [2.45, 2.75) is 24.1 Å². The van der Waals surface area contributed by atoms with Crippen molar-refractivity contribution in [3.05, 3.63) is 57.9 Å². The number of carbonyl (C=O) groups excluding carboxylic acids is 1. The van der Waals surface area contributed by atoms with Crippen LogP contribution in [-0.2, 0) is 5.54 Å². The summed E-state index contributed by atoms with van der Waals surface area (Å²) in [7, 11) is 0. The van der Waals surface area contributed by atoms with Crippen LogP contribution in [0.2, 0.25) is 5.02 Å². The van der Waals surface area contributed by atoms with Crippen molar-refractivity contribution in [1.29, 1.82) is 0 Å². The largest absolute Gasteiger partial charge is 0.379 e. The molecular formula is C19H16ClF3N4OS. The fourth-order valence-electron chi connectivity index (χ4n) is 3.67. The first kappa shape index (κ1) is 20.0. The van der Waals surface area contributed by atoms with Crippen LogP contribution >= 0.6 is 23.4 Å². The molecule has 152 valence electrons. The van der Waals surface area contributed by atoms with Gasteiger partial charge in [-0.2, -0.15) is 0 Å². The molecule has 0 bridgehead atoms. The number of alkyl halides is 1. The van der Waals surface area contributed by atoms with Gasteiger partial charge in [0.05, 0.1) is 5.02 Å². The third-order valence-corrected chi connectivity index (χ3v) is 6.51. The summed E-state index contributed by atoms with van der Waals surface area (Å²) in [6, 6.07) is 3.61. The molecule has 1 saturated carbocycles. The van der Waals surface area contributed by atoms with Gasteiger partial charge >= 0.3 is 0 Å². The zero-order valence-electron chi connectivity index (χ0n) is 15.2. The average Bonchev–Trinajstić information content (AvgIpc) is 3.43. The zero-order chi connectivity index (χ0) is 20.9. The van der Waals surface area contributed by atoms with E-state index in [9.17, 15) is 18.0 Å². The van der Waals surface area contributed by atoms with E-state index in [1.54, 1.807) is 13.0 Å². The van der Waals surface area contributed by atoms with Crippen LogP contribution in [0.3, 0.4) is 0 Å². The van der Waals surface area contributed by atoms with Crippen molar-refractivity contribution in [1.82, 2.24) is 4.98 Å². The molecule has 3 N–H and O–H groups in total. The number of carbonyl (C=O) groups is 1. The maximum Gasteiger partial charge on any atom is 0.274 e. The number of nitrogens with one attached hydrogen (secondary N) is 1. The van der Waals surface area contributed by atoms with Crippen LogP contribution in [0.25, 0.3) is 0 Å². The summed E-state index contributed by atoms with van der Waals surface area (Å²) >= 11 is 7.15. The maximum absolute atomic E-state index is 14.7. The Bertz CT molecular complexity index is 1050. The number of aromatic nitrogens is 1. The van der Waals surface area contributed by atoms with Gasteiger partial charge in [0.2, 0.25) is 0 Å². The minimum Gasteiger partial charge on any atom is -0.379 e. The fraction of sp³-hybridized carbons (Fsp3) is 0.316. The van der Waals surface area contributed by atoms with Gasteiger partial charge in [-0.15, -0.1) is 0 Å². The van der Waals surface area contributed by atoms with Crippen molar-refractivity contribution in [2.75, 3.05) is 12.0 Å². The van der Waals surface area contributed by atoms with E-state index < -0.39 is 29.8 Å². The highest BCUT2D eigenvalue weighted by Crippen LogP contribution is 2.58. The Balaban J connectivity index is 1.73. The van der Waals surface area contributed by atoms with Crippen LogP contribution in [0, 0.1) is 24.5 Å². The van der Waals surface area contributed by atoms with Crippen molar-refractivity contribution >= 4 is 40.1 Å². The van der Waals surface area contributed by atoms with Gasteiger partial charge in [-0.3, -0.25) is 4.79 Å². The van der Waals surface area contributed by atoms with Crippen molar-refractivity contribution in [2.24, 2.45) is 16.6 Å². The predicted octanol–water partition coefficient (Wildman–Crippen LogP) is 4.19. The molecule has 1 fully saturated rings. The Hall–Kier alpha value is -2.26. The monoisotopic (exact) mass is 440 g/mol. The number of pyridine rings is 1. The first-order chi connectivity index (χ1) is 13.7.